The smallest absolute Gasteiger partial charge is 0.0727 e. The normalized spacial score (nSPS) is 31.1. The van der Waals surface area contributed by atoms with Crippen molar-refractivity contribution in [1.29, 1.82) is 0 Å². The van der Waals surface area contributed by atoms with Crippen LogP contribution in [0.25, 0.3) is 0 Å². The average Bonchev–Trinajstić information content (AvgIpc) is 2.29. The van der Waals surface area contributed by atoms with Crippen molar-refractivity contribution >= 4 is 17.2 Å². The molecule has 2 fully saturated rings. The van der Waals surface area contributed by atoms with Crippen LogP contribution in [0.3, 0.4) is 0 Å². The Kier molecular flexibility index (Phi) is 4.77. The molecule has 2 heterocycles. The summed E-state index contributed by atoms with van der Waals surface area (Å²) in [5.74, 6) is 0.896. The summed E-state index contributed by atoms with van der Waals surface area (Å²) < 4.78 is 0. The molecular formula is C13H25N3S. The lowest BCUT2D eigenvalue weighted by Crippen LogP contribution is -2.52. The van der Waals surface area contributed by atoms with Crippen molar-refractivity contribution in [3.63, 3.8) is 0 Å². The first kappa shape index (κ1) is 13.2. The summed E-state index contributed by atoms with van der Waals surface area (Å²) in [7, 11) is 2.29. The van der Waals surface area contributed by atoms with Gasteiger partial charge in [-0.25, -0.2) is 0 Å². The summed E-state index contributed by atoms with van der Waals surface area (Å²) in [4.78, 5) is 5.84. The Hall–Kier alpha value is -0.190. The minimum atomic E-state index is 0.664. The fraction of sp³-hybridized carbons (Fsp3) is 0.923. The van der Waals surface area contributed by atoms with Gasteiger partial charge in [0.15, 0.2) is 0 Å². The Morgan fingerprint density at radius 3 is 2.94 bits per heavy atom. The van der Waals surface area contributed by atoms with Gasteiger partial charge in [-0.1, -0.05) is 12.2 Å². The quantitative estimate of drug-likeness (QED) is 0.771. The lowest BCUT2D eigenvalue weighted by Gasteiger charge is -2.46. The Labute approximate surface area is 110 Å². The number of hydrogen-bond donors (Lipinski definition) is 1. The highest BCUT2D eigenvalue weighted by atomic mass is 32.1. The van der Waals surface area contributed by atoms with Crippen LogP contribution < -0.4 is 5.73 Å². The predicted molar refractivity (Wildman–Crippen MR) is 76.2 cm³/mol. The van der Waals surface area contributed by atoms with Gasteiger partial charge in [-0.2, -0.15) is 0 Å². The SMILES string of the molecule is CN1CCCC2CN(CCCC(N)=S)CCC21. The van der Waals surface area contributed by atoms with Gasteiger partial charge < -0.3 is 15.5 Å². The third-order valence-corrected chi connectivity index (χ3v) is 4.53. The number of nitrogens with two attached hydrogens (primary N) is 1. The maximum Gasteiger partial charge on any atom is 0.0727 e. The molecule has 4 heteroatoms. The Morgan fingerprint density at radius 2 is 2.18 bits per heavy atom. The molecule has 0 saturated carbocycles. The molecule has 0 aromatic rings. The molecular weight excluding hydrogens is 230 g/mol. The number of likely N-dealkylation sites (tertiary alicyclic amines) is 2. The summed E-state index contributed by atoms with van der Waals surface area (Å²) >= 11 is 4.92. The molecule has 2 aliphatic heterocycles. The van der Waals surface area contributed by atoms with Gasteiger partial charge in [0.1, 0.15) is 0 Å². The summed E-state index contributed by atoms with van der Waals surface area (Å²) in [6.45, 7) is 5.00. The number of nitrogens with zero attached hydrogens (tertiary/aromatic N) is 2. The lowest BCUT2D eigenvalue weighted by molar-refractivity contribution is 0.0385. The molecule has 0 radical (unpaired) electrons. The van der Waals surface area contributed by atoms with E-state index in [-0.39, 0.29) is 0 Å². The molecule has 2 N–H and O–H groups in total. The van der Waals surface area contributed by atoms with E-state index in [4.69, 9.17) is 18.0 Å². The van der Waals surface area contributed by atoms with E-state index in [0.717, 1.165) is 24.8 Å². The molecule has 2 rings (SSSR count). The van der Waals surface area contributed by atoms with Gasteiger partial charge in [-0.3, -0.25) is 0 Å². The molecule has 0 aromatic carbocycles. The predicted octanol–water partition coefficient (Wildman–Crippen LogP) is 1.47. The molecule has 0 bridgehead atoms. The second-order valence-electron chi connectivity index (χ2n) is 5.61. The molecule has 0 aromatic heterocycles. The van der Waals surface area contributed by atoms with E-state index in [1.54, 1.807) is 0 Å². The Bertz CT molecular complexity index is 269. The molecule has 2 aliphatic rings. The third kappa shape index (κ3) is 3.63. The largest absolute Gasteiger partial charge is 0.393 e. The number of hydrogen-bond acceptors (Lipinski definition) is 3. The zero-order chi connectivity index (χ0) is 12.3. The van der Waals surface area contributed by atoms with Crippen LogP contribution in [0.15, 0.2) is 0 Å². The first-order valence-electron chi connectivity index (χ1n) is 6.87. The molecule has 0 aliphatic carbocycles. The molecule has 2 atom stereocenters. The standard InChI is InChI=1S/C13H25N3S/c1-15-7-2-4-11-10-16(9-6-12(11)15)8-3-5-13(14)17/h11-12H,2-10H2,1H3,(H2,14,17). The van der Waals surface area contributed by atoms with Crippen LogP contribution >= 0.6 is 12.2 Å². The molecule has 98 valence electrons. The van der Waals surface area contributed by atoms with Crippen LogP contribution in [0.1, 0.15) is 32.1 Å². The van der Waals surface area contributed by atoms with Crippen LogP contribution in [0.2, 0.25) is 0 Å². The van der Waals surface area contributed by atoms with Crippen molar-refractivity contribution in [3.8, 4) is 0 Å². The van der Waals surface area contributed by atoms with E-state index >= 15 is 0 Å². The Balaban J connectivity index is 1.75. The van der Waals surface area contributed by atoms with Crippen molar-refractivity contribution in [2.24, 2.45) is 11.7 Å². The van der Waals surface area contributed by atoms with Crippen LogP contribution in [-0.4, -0.2) is 54.1 Å². The summed E-state index contributed by atoms with van der Waals surface area (Å²) in [6.07, 6.45) is 6.16. The van der Waals surface area contributed by atoms with Crippen molar-refractivity contribution < 1.29 is 0 Å². The van der Waals surface area contributed by atoms with Crippen molar-refractivity contribution in [3.05, 3.63) is 0 Å². The second-order valence-corrected chi connectivity index (χ2v) is 6.13. The van der Waals surface area contributed by atoms with Gasteiger partial charge in [0, 0.05) is 12.6 Å². The van der Waals surface area contributed by atoms with Crippen molar-refractivity contribution in [1.82, 2.24) is 9.80 Å². The maximum absolute atomic E-state index is 5.54. The maximum atomic E-state index is 5.54. The monoisotopic (exact) mass is 255 g/mol. The zero-order valence-corrected chi connectivity index (χ0v) is 11.7. The van der Waals surface area contributed by atoms with Gasteiger partial charge in [0.2, 0.25) is 0 Å². The number of piperidine rings is 2. The number of thiocarbonyl (C=S) groups is 1. The lowest BCUT2D eigenvalue weighted by atomic mass is 9.84. The van der Waals surface area contributed by atoms with Gasteiger partial charge >= 0.3 is 0 Å². The van der Waals surface area contributed by atoms with E-state index in [2.05, 4.69) is 16.8 Å². The fourth-order valence-corrected chi connectivity index (χ4v) is 3.55. The minimum Gasteiger partial charge on any atom is -0.393 e. The summed E-state index contributed by atoms with van der Waals surface area (Å²) in [5, 5.41) is 0. The highest BCUT2D eigenvalue weighted by Crippen LogP contribution is 2.29. The summed E-state index contributed by atoms with van der Waals surface area (Å²) in [5.41, 5.74) is 5.54. The number of rotatable bonds is 4. The molecule has 0 amide bonds. The van der Waals surface area contributed by atoms with Crippen LogP contribution in [0, 0.1) is 5.92 Å². The molecule has 2 unspecified atom stereocenters. The van der Waals surface area contributed by atoms with Crippen molar-refractivity contribution in [2.75, 3.05) is 33.2 Å². The molecule has 17 heavy (non-hydrogen) atoms. The van der Waals surface area contributed by atoms with E-state index in [1.165, 1.54) is 45.4 Å². The molecule has 3 nitrogen and oxygen atoms in total. The van der Waals surface area contributed by atoms with Gasteiger partial charge in [-0.05, 0) is 64.7 Å². The topological polar surface area (TPSA) is 32.5 Å². The van der Waals surface area contributed by atoms with Crippen molar-refractivity contribution in [2.45, 2.75) is 38.1 Å². The Morgan fingerprint density at radius 1 is 1.35 bits per heavy atom. The molecule has 0 spiro atoms. The van der Waals surface area contributed by atoms with Gasteiger partial charge in [-0.15, -0.1) is 0 Å². The van der Waals surface area contributed by atoms with E-state index in [9.17, 15) is 0 Å². The van der Waals surface area contributed by atoms with E-state index in [0.29, 0.717) is 4.99 Å². The van der Waals surface area contributed by atoms with Gasteiger partial charge in [0.25, 0.3) is 0 Å². The first-order chi connectivity index (χ1) is 8.16. The van der Waals surface area contributed by atoms with E-state index in [1.807, 2.05) is 0 Å². The third-order valence-electron chi connectivity index (χ3n) is 4.33. The summed E-state index contributed by atoms with van der Waals surface area (Å²) in [6, 6.07) is 0.843. The average molecular weight is 255 g/mol. The highest BCUT2D eigenvalue weighted by Gasteiger charge is 2.33. The molecule has 2 saturated heterocycles. The fourth-order valence-electron chi connectivity index (χ4n) is 3.41. The highest BCUT2D eigenvalue weighted by molar-refractivity contribution is 7.80. The second kappa shape index (κ2) is 6.12. The first-order valence-corrected chi connectivity index (χ1v) is 7.28. The zero-order valence-electron chi connectivity index (χ0n) is 10.9. The number of fused-ring (bicyclic) bond motifs is 1. The van der Waals surface area contributed by atoms with Crippen LogP contribution in [0.5, 0.6) is 0 Å². The van der Waals surface area contributed by atoms with Crippen LogP contribution in [-0.2, 0) is 0 Å². The van der Waals surface area contributed by atoms with Crippen LogP contribution in [0.4, 0.5) is 0 Å². The van der Waals surface area contributed by atoms with Gasteiger partial charge in [0.05, 0.1) is 4.99 Å². The van der Waals surface area contributed by atoms with E-state index < -0.39 is 0 Å². The minimum absolute atomic E-state index is 0.664.